The number of nitrogens with zero attached hydrogens (tertiary/aromatic N) is 2. The van der Waals surface area contributed by atoms with Gasteiger partial charge in [0.05, 0.1) is 24.7 Å². The van der Waals surface area contributed by atoms with Gasteiger partial charge in [-0.25, -0.2) is 0 Å². The van der Waals surface area contributed by atoms with Crippen molar-refractivity contribution < 1.29 is 9.47 Å². The van der Waals surface area contributed by atoms with Crippen LogP contribution in [0.3, 0.4) is 0 Å². The van der Waals surface area contributed by atoms with Gasteiger partial charge in [0.2, 0.25) is 0 Å². The first kappa shape index (κ1) is 13.5. The van der Waals surface area contributed by atoms with E-state index in [4.69, 9.17) is 9.47 Å². The lowest BCUT2D eigenvalue weighted by atomic mass is 10.1. The molecular weight excluding hydrogens is 272 g/mol. The lowest BCUT2D eigenvalue weighted by Gasteiger charge is -2.07. The molecular formula is C15H16N2O2S. The molecule has 3 rings (SSSR count). The van der Waals surface area contributed by atoms with Crippen molar-refractivity contribution in [2.24, 2.45) is 0 Å². The fourth-order valence-electron chi connectivity index (χ4n) is 1.93. The highest BCUT2D eigenvalue weighted by molar-refractivity contribution is 7.99. The van der Waals surface area contributed by atoms with Crippen LogP contribution >= 0.6 is 11.8 Å². The van der Waals surface area contributed by atoms with Crippen molar-refractivity contribution >= 4 is 11.8 Å². The molecule has 1 aliphatic heterocycles. The van der Waals surface area contributed by atoms with Crippen LogP contribution in [0.25, 0.3) is 11.3 Å². The SMILES string of the molecule is Cc1ccc(-c2ccc(SCC3OCCO3)nn2)cc1. The van der Waals surface area contributed by atoms with Crippen LogP contribution < -0.4 is 0 Å². The maximum Gasteiger partial charge on any atom is 0.167 e. The molecule has 1 fully saturated rings. The van der Waals surface area contributed by atoms with Crippen molar-refractivity contribution in [2.45, 2.75) is 18.2 Å². The van der Waals surface area contributed by atoms with Crippen molar-refractivity contribution in [1.82, 2.24) is 10.2 Å². The summed E-state index contributed by atoms with van der Waals surface area (Å²) < 4.78 is 10.8. The third-order valence-electron chi connectivity index (χ3n) is 3.05. The summed E-state index contributed by atoms with van der Waals surface area (Å²) in [6.45, 7) is 3.44. The second-order valence-corrected chi connectivity index (χ2v) is 5.65. The Morgan fingerprint density at radius 3 is 2.45 bits per heavy atom. The van der Waals surface area contributed by atoms with E-state index in [1.165, 1.54) is 5.56 Å². The molecule has 1 saturated heterocycles. The minimum atomic E-state index is -0.112. The van der Waals surface area contributed by atoms with E-state index in [0.29, 0.717) is 13.2 Å². The molecule has 4 nitrogen and oxygen atoms in total. The molecule has 0 saturated carbocycles. The van der Waals surface area contributed by atoms with Gasteiger partial charge < -0.3 is 9.47 Å². The largest absolute Gasteiger partial charge is 0.349 e. The van der Waals surface area contributed by atoms with Crippen LogP contribution in [0.1, 0.15) is 5.56 Å². The molecule has 0 amide bonds. The summed E-state index contributed by atoms with van der Waals surface area (Å²) >= 11 is 1.60. The van der Waals surface area contributed by atoms with Gasteiger partial charge in [0.25, 0.3) is 0 Å². The van der Waals surface area contributed by atoms with Crippen molar-refractivity contribution in [3.63, 3.8) is 0 Å². The molecule has 0 radical (unpaired) electrons. The first-order valence-corrected chi connectivity index (χ1v) is 7.56. The first-order valence-electron chi connectivity index (χ1n) is 6.58. The maximum absolute atomic E-state index is 5.39. The summed E-state index contributed by atoms with van der Waals surface area (Å²) in [6, 6.07) is 12.3. The summed E-state index contributed by atoms with van der Waals surface area (Å²) in [7, 11) is 0. The van der Waals surface area contributed by atoms with Crippen LogP contribution in [0.15, 0.2) is 41.4 Å². The lowest BCUT2D eigenvalue weighted by Crippen LogP contribution is -2.10. The predicted molar refractivity (Wildman–Crippen MR) is 78.6 cm³/mol. The van der Waals surface area contributed by atoms with E-state index in [2.05, 4.69) is 41.4 Å². The number of aromatic nitrogens is 2. The van der Waals surface area contributed by atoms with Gasteiger partial charge in [-0.2, -0.15) is 0 Å². The molecule has 1 aromatic heterocycles. The van der Waals surface area contributed by atoms with Crippen molar-refractivity contribution in [1.29, 1.82) is 0 Å². The summed E-state index contributed by atoms with van der Waals surface area (Å²) in [5.74, 6) is 0.749. The van der Waals surface area contributed by atoms with Gasteiger partial charge in [0, 0.05) is 5.56 Å². The second-order valence-electron chi connectivity index (χ2n) is 4.60. The van der Waals surface area contributed by atoms with Crippen molar-refractivity contribution in [3.8, 4) is 11.3 Å². The van der Waals surface area contributed by atoms with Crippen LogP contribution in [0.2, 0.25) is 0 Å². The standard InChI is InChI=1S/C15H16N2O2S/c1-11-2-4-12(5-3-11)13-6-7-14(17-16-13)20-10-15-18-8-9-19-15/h2-7,15H,8-10H2,1H3. The molecule has 0 bridgehead atoms. The molecule has 0 unspecified atom stereocenters. The molecule has 0 atom stereocenters. The van der Waals surface area contributed by atoms with Crippen LogP contribution in [-0.2, 0) is 9.47 Å². The van der Waals surface area contributed by atoms with Crippen LogP contribution in [0.5, 0.6) is 0 Å². The molecule has 1 aliphatic rings. The number of hydrogen-bond donors (Lipinski definition) is 0. The van der Waals surface area contributed by atoms with E-state index in [0.717, 1.165) is 22.0 Å². The van der Waals surface area contributed by atoms with E-state index >= 15 is 0 Å². The highest BCUT2D eigenvalue weighted by Crippen LogP contribution is 2.22. The second kappa shape index (κ2) is 6.35. The van der Waals surface area contributed by atoms with Gasteiger partial charge in [-0.15, -0.1) is 10.2 Å². The van der Waals surface area contributed by atoms with Gasteiger partial charge >= 0.3 is 0 Å². The normalized spacial score (nSPS) is 15.7. The van der Waals surface area contributed by atoms with Crippen molar-refractivity contribution in [2.75, 3.05) is 19.0 Å². The number of ether oxygens (including phenoxy) is 2. The molecule has 0 spiro atoms. The van der Waals surface area contributed by atoms with E-state index in [1.807, 2.05) is 12.1 Å². The quantitative estimate of drug-likeness (QED) is 0.809. The molecule has 5 heteroatoms. The Kier molecular flexibility index (Phi) is 4.30. The van der Waals surface area contributed by atoms with Gasteiger partial charge in [0.1, 0.15) is 5.03 Å². The highest BCUT2D eigenvalue weighted by atomic mass is 32.2. The number of benzene rings is 1. The van der Waals surface area contributed by atoms with Gasteiger partial charge in [-0.05, 0) is 19.1 Å². The zero-order chi connectivity index (χ0) is 13.8. The average Bonchev–Trinajstić information content (AvgIpc) is 3.00. The lowest BCUT2D eigenvalue weighted by molar-refractivity contribution is -0.0214. The molecule has 104 valence electrons. The zero-order valence-electron chi connectivity index (χ0n) is 11.3. The summed E-state index contributed by atoms with van der Waals surface area (Å²) in [6.07, 6.45) is -0.112. The Bertz CT molecular complexity index is 551. The molecule has 2 heterocycles. The van der Waals surface area contributed by atoms with Gasteiger partial charge in [-0.3, -0.25) is 0 Å². The Labute approximate surface area is 122 Å². The van der Waals surface area contributed by atoms with Gasteiger partial charge in [-0.1, -0.05) is 41.6 Å². The smallest absolute Gasteiger partial charge is 0.167 e. The number of aryl methyl sites for hydroxylation is 1. The van der Waals surface area contributed by atoms with E-state index in [1.54, 1.807) is 11.8 Å². The van der Waals surface area contributed by atoms with Crippen molar-refractivity contribution in [3.05, 3.63) is 42.0 Å². The fourth-order valence-corrected chi connectivity index (χ4v) is 2.69. The Balaban J connectivity index is 1.63. The van der Waals surface area contributed by atoms with E-state index in [-0.39, 0.29) is 6.29 Å². The first-order chi connectivity index (χ1) is 9.81. The molecule has 0 aliphatic carbocycles. The number of hydrogen-bond acceptors (Lipinski definition) is 5. The molecule has 0 N–H and O–H groups in total. The average molecular weight is 288 g/mol. The fraction of sp³-hybridized carbons (Fsp3) is 0.333. The molecule has 20 heavy (non-hydrogen) atoms. The Morgan fingerprint density at radius 2 is 1.80 bits per heavy atom. The topological polar surface area (TPSA) is 44.2 Å². The summed E-state index contributed by atoms with van der Waals surface area (Å²) in [5.41, 5.74) is 3.22. The molecule has 1 aromatic carbocycles. The van der Waals surface area contributed by atoms with Crippen LogP contribution in [0.4, 0.5) is 0 Å². The minimum Gasteiger partial charge on any atom is -0.349 e. The Morgan fingerprint density at radius 1 is 1.05 bits per heavy atom. The monoisotopic (exact) mass is 288 g/mol. The third-order valence-corrected chi connectivity index (χ3v) is 4.00. The number of rotatable bonds is 4. The van der Waals surface area contributed by atoms with E-state index < -0.39 is 0 Å². The maximum atomic E-state index is 5.39. The minimum absolute atomic E-state index is 0.112. The van der Waals surface area contributed by atoms with Gasteiger partial charge in [0.15, 0.2) is 6.29 Å². The molecule has 2 aromatic rings. The summed E-state index contributed by atoms with van der Waals surface area (Å²) in [4.78, 5) is 0. The third kappa shape index (κ3) is 3.36. The summed E-state index contributed by atoms with van der Waals surface area (Å²) in [5, 5.41) is 9.40. The Hall–Kier alpha value is -1.43. The number of thioether (sulfide) groups is 1. The zero-order valence-corrected chi connectivity index (χ0v) is 12.1. The highest BCUT2D eigenvalue weighted by Gasteiger charge is 2.16. The predicted octanol–water partition coefficient (Wildman–Crippen LogP) is 2.92. The van der Waals surface area contributed by atoms with E-state index in [9.17, 15) is 0 Å². The van der Waals surface area contributed by atoms with Crippen LogP contribution in [0, 0.1) is 6.92 Å². The van der Waals surface area contributed by atoms with Crippen LogP contribution in [-0.4, -0.2) is 35.5 Å².